The number of benzene rings is 2. The molecular weight excluding hydrogens is 582 g/mol. The number of hydrogen-bond acceptors (Lipinski definition) is 10. The van der Waals surface area contributed by atoms with Gasteiger partial charge in [0, 0.05) is 11.8 Å². The third kappa shape index (κ3) is 8.52. The standard InChI is InChI=1S/C25H26N2O12P2/c1-16-3-7-19(8-4-16)24(29)38-20-9-5-18(6-10-20)14-35-40(31,32)39-41(33,34)36-15-21-11-12-22(37-21)27-13-17(2)23(28)26-25(27)30/h3-13,21-22H,14-15H2,1-2H3,(H,31,32)(H,33,34)(H,26,28,30)/t21-,22+/m0/s1. The van der Waals surface area contributed by atoms with Gasteiger partial charge in [-0.15, -0.1) is 0 Å². The number of carbonyl (C=O) groups is 1. The van der Waals surface area contributed by atoms with E-state index in [1.54, 1.807) is 24.3 Å². The zero-order chi connectivity index (χ0) is 29.8. The van der Waals surface area contributed by atoms with Gasteiger partial charge in [-0.05, 0) is 49.8 Å². The molecule has 0 saturated carbocycles. The van der Waals surface area contributed by atoms with Crippen LogP contribution in [0.25, 0.3) is 0 Å². The molecule has 218 valence electrons. The first-order valence-electron chi connectivity index (χ1n) is 12.0. The largest absolute Gasteiger partial charge is 0.481 e. The molecule has 3 N–H and O–H groups in total. The fourth-order valence-electron chi connectivity index (χ4n) is 3.53. The molecule has 4 rings (SSSR count). The molecule has 0 radical (unpaired) electrons. The molecule has 0 bridgehead atoms. The van der Waals surface area contributed by atoms with Gasteiger partial charge in [0.05, 0.1) is 18.8 Å². The minimum Gasteiger partial charge on any atom is -0.423 e. The number of nitrogens with zero attached hydrogens (tertiary/aromatic N) is 1. The highest BCUT2D eigenvalue weighted by Crippen LogP contribution is 2.60. The predicted molar refractivity (Wildman–Crippen MR) is 143 cm³/mol. The summed E-state index contributed by atoms with van der Waals surface area (Å²) in [4.78, 5) is 57.7. The number of H-pyrrole nitrogens is 1. The number of rotatable bonds is 11. The highest BCUT2D eigenvalue weighted by Gasteiger charge is 2.36. The molecule has 0 fully saturated rings. The van der Waals surface area contributed by atoms with Crippen molar-refractivity contribution in [3.8, 4) is 5.75 Å². The first-order chi connectivity index (χ1) is 19.3. The molecule has 4 atom stereocenters. The number of aryl methyl sites for hydroxylation is 2. The summed E-state index contributed by atoms with van der Waals surface area (Å²) in [5, 5.41) is 0. The summed E-state index contributed by atoms with van der Waals surface area (Å²) < 4.78 is 50.3. The lowest BCUT2D eigenvalue weighted by atomic mass is 10.1. The van der Waals surface area contributed by atoms with Gasteiger partial charge in [-0.1, -0.05) is 35.9 Å². The SMILES string of the molecule is Cc1ccc(C(=O)Oc2ccc(COP(=O)(O)OP(=O)(O)OC[C@@H]3C=C[C@H](n4cc(C)c(=O)[nH]c4=O)O3)cc2)cc1. The number of phosphoric ester groups is 2. The molecule has 2 aromatic carbocycles. The lowest BCUT2D eigenvalue weighted by molar-refractivity contribution is -0.0107. The smallest absolute Gasteiger partial charge is 0.423 e. The van der Waals surface area contributed by atoms with Gasteiger partial charge in [0.2, 0.25) is 0 Å². The van der Waals surface area contributed by atoms with Crippen molar-refractivity contribution in [2.24, 2.45) is 0 Å². The minimum absolute atomic E-state index is 0.224. The molecule has 2 heterocycles. The summed E-state index contributed by atoms with van der Waals surface area (Å²) in [6.45, 7) is 2.34. The third-order valence-corrected chi connectivity index (χ3v) is 8.23. The summed E-state index contributed by atoms with van der Waals surface area (Å²) in [5.41, 5.74) is 0.738. The molecule has 0 amide bonds. The topological polar surface area (TPSA) is 193 Å². The van der Waals surface area contributed by atoms with Crippen LogP contribution in [-0.4, -0.2) is 38.0 Å². The Morgan fingerprint density at radius 3 is 2.32 bits per heavy atom. The maximum Gasteiger partial charge on any atom is 0.481 e. The van der Waals surface area contributed by atoms with Crippen molar-refractivity contribution in [1.29, 1.82) is 0 Å². The maximum atomic E-state index is 12.2. The fraction of sp³-hybridized carbons (Fsp3) is 0.240. The number of aromatic nitrogens is 2. The Hall–Kier alpha value is -3.45. The van der Waals surface area contributed by atoms with Gasteiger partial charge < -0.3 is 19.3 Å². The normalized spacial score (nSPS) is 19.4. The Bertz CT molecular complexity index is 1650. The van der Waals surface area contributed by atoms with Crippen molar-refractivity contribution in [3.05, 3.63) is 110 Å². The molecule has 1 aliphatic heterocycles. The van der Waals surface area contributed by atoms with E-state index in [9.17, 15) is 33.3 Å². The number of hydrogen-bond donors (Lipinski definition) is 3. The first-order valence-corrected chi connectivity index (χ1v) is 15.0. The van der Waals surface area contributed by atoms with Gasteiger partial charge in [-0.2, -0.15) is 4.31 Å². The van der Waals surface area contributed by atoms with Crippen LogP contribution in [0.15, 0.2) is 76.5 Å². The van der Waals surface area contributed by atoms with Crippen molar-refractivity contribution >= 4 is 21.6 Å². The molecule has 1 aromatic heterocycles. The minimum atomic E-state index is -5.09. The van der Waals surface area contributed by atoms with Crippen LogP contribution in [-0.2, 0) is 33.8 Å². The monoisotopic (exact) mass is 608 g/mol. The molecule has 1 aliphatic rings. The lowest BCUT2D eigenvalue weighted by Gasteiger charge is -2.19. The number of carbonyl (C=O) groups excluding carboxylic acids is 1. The predicted octanol–water partition coefficient (Wildman–Crippen LogP) is 3.28. The van der Waals surface area contributed by atoms with Crippen LogP contribution < -0.4 is 16.0 Å². The second kappa shape index (κ2) is 12.6. The Morgan fingerprint density at radius 1 is 0.976 bits per heavy atom. The van der Waals surface area contributed by atoms with Crippen LogP contribution in [0, 0.1) is 13.8 Å². The van der Waals surface area contributed by atoms with Gasteiger partial charge in [0.1, 0.15) is 11.9 Å². The fourth-order valence-corrected chi connectivity index (χ4v) is 5.60. The molecular formula is C25H26N2O12P2. The molecule has 0 aliphatic carbocycles. The van der Waals surface area contributed by atoms with E-state index < -0.39 is 58.4 Å². The average Bonchev–Trinajstić information content (AvgIpc) is 3.38. The van der Waals surface area contributed by atoms with Gasteiger partial charge >= 0.3 is 27.3 Å². The summed E-state index contributed by atoms with van der Waals surface area (Å²) in [6, 6.07) is 12.6. The number of nitrogens with one attached hydrogen (secondary N) is 1. The summed E-state index contributed by atoms with van der Waals surface area (Å²) in [7, 11) is -10.1. The molecule has 3 aromatic rings. The Morgan fingerprint density at radius 2 is 1.63 bits per heavy atom. The molecule has 41 heavy (non-hydrogen) atoms. The zero-order valence-electron chi connectivity index (χ0n) is 21.7. The number of phosphoric acid groups is 2. The number of esters is 1. The summed E-state index contributed by atoms with van der Waals surface area (Å²) in [6.07, 6.45) is 2.36. The lowest BCUT2D eigenvalue weighted by Crippen LogP contribution is -2.33. The molecule has 0 saturated heterocycles. The third-order valence-electron chi connectivity index (χ3n) is 5.65. The van der Waals surface area contributed by atoms with Crippen LogP contribution in [0.4, 0.5) is 0 Å². The zero-order valence-corrected chi connectivity index (χ0v) is 23.5. The van der Waals surface area contributed by atoms with Crippen LogP contribution in [0.1, 0.15) is 33.3 Å². The molecule has 14 nitrogen and oxygen atoms in total. The van der Waals surface area contributed by atoms with Crippen LogP contribution in [0.3, 0.4) is 0 Å². The van der Waals surface area contributed by atoms with Gasteiger partial charge in [0.15, 0.2) is 6.23 Å². The molecule has 16 heteroatoms. The highest BCUT2D eigenvalue weighted by atomic mass is 31.3. The summed E-state index contributed by atoms with van der Waals surface area (Å²) in [5.74, 6) is -0.336. The van der Waals surface area contributed by atoms with Crippen molar-refractivity contribution < 1.29 is 46.5 Å². The van der Waals surface area contributed by atoms with Crippen molar-refractivity contribution in [1.82, 2.24) is 9.55 Å². The number of ether oxygens (including phenoxy) is 2. The van der Waals surface area contributed by atoms with Crippen molar-refractivity contribution in [3.63, 3.8) is 0 Å². The van der Waals surface area contributed by atoms with Crippen LogP contribution in [0.5, 0.6) is 5.75 Å². The van der Waals surface area contributed by atoms with E-state index in [0.717, 1.165) is 10.1 Å². The van der Waals surface area contributed by atoms with E-state index in [1.165, 1.54) is 49.5 Å². The highest BCUT2D eigenvalue weighted by molar-refractivity contribution is 7.61. The van der Waals surface area contributed by atoms with Gasteiger partial charge in [0.25, 0.3) is 5.56 Å². The second-order valence-electron chi connectivity index (χ2n) is 8.92. The van der Waals surface area contributed by atoms with E-state index in [2.05, 4.69) is 9.29 Å². The molecule has 0 spiro atoms. The van der Waals surface area contributed by atoms with Crippen LogP contribution in [0.2, 0.25) is 0 Å². The Kier molecular flexibility index (Phi) is 9.37. The Balaban J connectivity index is 1.24. The average molecular weight is 608 g/mol. The second-order valence-corrected chi connectivity index (χ2v) is 12.0. The van der Waals surface area contributed by atoms with Crippen molar-refractivity contribution in [2.45, 2.75) is 32.8 Å². The van der Waals surface area contributed by atoms with E-state index in [-0.39, 0.29) is 11.3 Å². The van der Waals surface area contributed by atoms with E-state index in [0.29, 0.717) is 11.1 Å². The van der Waals surface area contributed by atoms with Gasteiger partial charge in [-0.3, -0.25) is 23.4 Å². The van der Waals surface area contributed by atoms with E-state index >= 15 is 0 Å². The first kappa shape index (κ1) is 30.5. The number of aromatic amines is 1. The van der Waals surface area contributed by atoms with Crippen LogP contribution >= 0.6 is 15.6 Å². The molecule has 2 unspecified atom stereocenters. The van der Waals surface area contributed by atoms with Gasteiger partial charge in [-0.25, -0.2) is 18.7 Å². The maximum absolute atomic E-state index is 12.2. The quantitative estimate of drug-likeness (QED) is 0.125. The van der Waals surface area contributed by atoms with E-state index in [4.69, 9.17) is 18.5 Å². The Labute approximate surface area is 233 Å². The van der Waals surface area contributed by atoms with E-state index in [1.807, 2.05) is 6.92 Å². The summed E-state index contributed by atoms with van der Waals surface area (Å²) >= 11 is 0. The van der Waals surface area contributed by atoms with Crippen molar-refractivity contribution in [2.75, 3.05) is 6.61 Å².